The van der Waals surface area contributed by atoms with E-state index in [2.05, 4.69) is 10.4 Å². The average molecular weight is 416 g/mol. The maximum Gasteiger partial charge on any atom is 0.322 e. The van der Waals surface area contributed by atoms with Gasteiger partial charge in [0.05, 0.1) is 31.1 Å². The van der Waals surface area contributed by atoms with Crippen molar-refractivity contribution in [1.29, 1.82) is 5.26 Å². The van der Waals surface area contributed by atoms with Gasteiger partial charge in [-0.25, -0.2) is 18.6 Å². The molecule has 30 heavy (non-hydrogen) atoms. The zero-order valence-corrected chi connectivity index (χ0v) is 16.3. The molecule has 3 heterocycles. The van der Waals surface area contributed by atoms with Crippen LogP contribution in [-0.2, 0) is 24.3 Å². The Balaban J connectivity index is 1.63. The lowest BCUT2D eigenvalue weighted by molar-refractivity contribution is -0.103. The molecule has 156 valence electrons. The van der Waals surface area contributed by atoms with E-state index in [-0.39, 0.29) is 24.2 Å². The first-order valence-corrected chi connectivity index (χ1v) is 9.27. The summed E-state index contributed by atoms with van der Waals surface area (Å²) in [6, 6.07) is 2.51. The summed E-state index contributed by atoms with van der Waals surface area (Å²) < 4.78 is 29.5. The van der Waals surface area contributed by atoms with Gasteiger partial charge in [-0.05, 0) is 19.1 Å². The number of carbonyl (C=O) groups excluding carboxylic acids is 2. The number of amides is 3. The molecule has 3 amide bonds. The van der Waals surface area contributed by atoms with Gasteiger partial charge >= 0.3 is 6.03 Å². The molecule has 2 aliphatic rings. The summed E-state index contributed by atoms with van der Waals surface area (Å²) in [7, 11) is 1.51. The first-order valence-electron chi connectivity index (χ1n) is 9.27. The molecular formula is C19H18F2N6O3. The first kappa shape index (κ1) is 19.8. The lowest BCUT2D eigenvalue weighted by Gasteiger charge is -2.33. The quantitative estimate of drug-likeness (QED) is 0.766. The third-order valence-corrected chi connectivity index (χ3v) is 5.26. The Labute approximate surface area is 170 Å². The summed E-state index contributed by atoms with van der Waals surface area (Å²) in [5.74, 6) is -2.50. The van der Waals surface area contributed by atoms with Gasteiger partial charge in [0.25, 0.3) is 5.91 Å². The van der Waals surface area contributed by atoms with E-state index in [4.69, 9.17) is 10.1 Å². The van der Waals surface area contributed by atoms with Crippen LogP contribution in [0.4, 0.5) is 19.3 Å². The molecule has 0 spiro atoms. The summed E-state index contributed by atoms with van der Waals surface area (Å²) in [4.78, 5) is 32.3. The van der Waals surface area contributed by atoms with Crippen LogP contribution < -0.4 is 5.32 Å². The molecule has 4 rings (SSSR count). The van der Waals surface area contributed by atoms with Crippen molar-refractivity contribution in [1.82, 2.24) is 19.7 Å². The monoisotopic (exact) mass is 416 g/mol. The predicted molar refractivity (Wildman–Crippen MR) is 99.1 cm³/mol. The number of urea groups is 1. The van der Waals surface area contributed by atoms with Crippen LogP contribution in [0.5, 0.6) is 0 Å². The smallest absolute Gasteiger partial charge is 0.317 e. The highest BCUT2D eigenvalue weighted by Crippen LogP contribution is 2.29. The number of nitrogens with zero attached hydrogens (tertiary/aromatic N) is 5. The number of anilines is 1. The van der Waals surface area contributed by atoms with Crippen molar-refractivity contribution in [2.24, 2.45) is 0 Å². The zero-order valence-electron chi connectivity index (χ0n) is 16.3. The number of rotatable bonds is 1. The van der Waals surface area contributed by atoms with Crippen molar-refractivity contribution in [3.8, 4) is 6.07 Å². The van der Waals surface area contributed by atoms with Crippen LogP contribution >= 0.6 is 0 Å². The third kappa shape index (κ3) is 3.15. The van der Waals surface area contributed by atoms with E-state index in [1.165, 1.54) is 18.0 Å². The summed E-state index contributed by atoms with van der Waals surface area (Å²) in [6.07, 6.45) is 0.413. The normalized spacial score (nSPS) is 18.4. The van der Waals surface area contributed by atoms with Crippen LogP contribution in [0.25, 0.3) is 0 Å². The SMILES string of the molecule is C[C@@H]1Cc2nn3c(c2CN1C(=O)Nc1ccc(F)c(C#N)c1F)C(=O)N(C)OCC3. The summed E-state index contributed by atoms with van der Waals surface area (Å²) in [6.45, 7) is 2.59. The molecule has 2 aromatic rings. The zero-order chi connectivity index (χ0) is 21.6. The lowest BCUT2D eigenvalue weighted by atomic mass is 9.99. The molecule has 1 atom stereocenters. The maximum absolute atomic E-state index is 14.3. The lowest BCUT2D eigenvalue weighted by Crippen LogP contribution is -2.45. The molecular weight excluding hydrogens is 398 g/mol. The fraction of sp³-hybridized carbons (Fsp3) is 0.368. The van der Waals surface area contributed by atoms with Crippen molar-refractivity contribution in [2.45, 2.75) is 32.5 Å². The highest BCUT2D eigenvalue weighted by atomic mass is 19.1. The van der Waals surface area contributed by atoms with Gasteiger partial charge in [-0.15, -0.1) is 0 Å². The minimum atomic E-state index is -1.13. The minimum Gasteiger partial charge on any atom is -0.317 e. The standard InChI is InChI=1S/C19H18F2N6O3/c1-10-7-15-12(17-18(28)25(2)30-6-5-27(17)24-15)9-26(10)19(29)23-14-4-3-13(20)11(8-22)16(14)21/h3-4,10H,5-7,9H2,1-2H3,(H,23,29)/t10-/m1/s1. The Hall–Kier alpha value is -3.52. The molecule has 0 saturated heterocycles. The van der Waals surface area contributed by atoms with Crippen molar-refractivity contribution >= 4 is 17.6 Å². The van der Waals surface area contributed by atoms with Crippen molar-refractivity contribution < 1.29 is 23.2 Å². The number of hydrogen-bond donors (Lipinski definition) is 1. The molecule has 0 aliphatic carbocycles. The van der Waals surface area contributed by atoms with Gasteiger partial charge in [-0.2, -0.15) is 10.4 Å². The van der Waals surface area contributed by atoms with Crippen LogP contribution in [0, 0.1) is 23.0 Å². The van der Waals surface area contributed by atoms with E-state index in [0.717, 1.165) is 22.9 Å². The highest BCUT2D eigenvalue weighted by molar-refractivity contribution is 5.94. The van der Waals surface area contributed by atoms with E-state index < -0.39 is 23.2 Å². The average Bonchev–Trinajstić information content (AvgIpc) is 2.99. The number of hydrogen-bond acceptors (Lipinski definition) is 5. The predicted octanol–water partition coefficient (Wildman–Crippen LogP) is 2.03. The van der Waals surface area contributed by atoms with Crippen molar-refractivity contribution in [3.05, 3.63) is 46.3 Å². The molecule has 0 unspecified atom stereocenters. The minimum absolute atomic E-state index is 0.0885. The van der Waals surface area contributed by atoms with Crippen LogP contribution in [0.3, 0.4) is 0 Å². The van der Waals surface area contributed by atoms with Crippen molar-refractivity contribution in [2.75, 3.05) is 19.0 Å². The molecule has 0 radical (unpaired) electrons. The van der Waals surface area contributed by atoms with E-state index in [1.807, 2.05) is 6.92 Å². The summed E-state index contributed by atoms with van der Waals surface area (Å²) >= 11 is 0. The summed E-state index contributed by atoms with van der Waals surface area (Å²) in [5, 5.41) is 16.9. The maximum atomic E-state index is 14.3. The number of nitriles is 1. The number of hydroxylamine groups is 2. The molecule has 0 fully saturated rings. The largest absolute Gasteiger partial charge is 0.322 e. The molecule has 11 heteroatoms. The Bertz CT molecular complexity index is 1090. The fourth-order valence-corrected chi connectivity index (χ4v) is 3.68. The molecule has 2 aliphatic heterocycles. The van der Waals surface area contributed by atoms with Crippen LogP contribution in [0.1, 0.15) is 34.2 Å². The van der Waals surface area contributed by atoms with Gasteiger partial charge in [0, 0.05) is 25.1 Å². The van der Waals surface area contributed by atoms with Crippen molar-refractivity contribution in [3.63, 3.8) is 0 Å². The fourth-order valence-electron chi connectivity index (χ4n) is 3.68. The first-order chi connectivity index (χ1) is 14.3. The molecule has 1 N–H and O–H groups in total. The van der Waals surface area contributed by atoms with Gasteiger partial charge in [-0.1, -0.05) is 0 Å². The molecule has 0 bridgehead atoms. The topological polar surface area (TPSA) is 103 Å². The Kier molecular flexibility index (Phi) is 4.87. The number of carbonyl (C=O) groups is 2. The Morgan fingerprint density at radius 1 is 1.40 bits per heavy atom. The number of benzene rings is 1. The molecule has 1 aromatic heterocycles. The second-order valence-corrected chi connectivity index (χ2v) is 7.14. The van der Waals surface area contributed by atoms with Crippen LogP contribution in [-0.4, -0.2) is 51.4 Å². The molecule has 1 aromatic carbocycles. The van der Waals surface area contributed by atoms with E-state index in [9.17, 15) is 18.4 Å². The van der Waals surface area contributed by atoms with Crippen LogP contribution in [0.15, 0.2) is 12.1 Å². The third-order valence-electron chi connectivity index (χ3n) is 5.26. The summed E-state index contributed by atoms with van der Waals surface area (Å²) in [5.41, 5.74) is 0.633. The van der Waals surface area contributed by atoms with Gasteiger partial charge in [0.2, 0.25) is 0 Å². The van der Waals surface area contributed by atoms with E-state index in [1.54, 1.807) is 4.68 Å². The van der Waals surface area contributed by atoms with Gasteiger partial charge in [0.15, 0.2) is 5.82 Å². The second kappa shape index (κ2) is 7.38. The number of nitrogens with one attached hydrogen (secondary N) is 1. The van der Waals surface area contributed by atoms with Gasteiger partial charge in [0.1, 0.15) is 23.1 Å². The molecule has 9 nitrogen and oxygen atoms in total. The second-order valence-electron chi connectivity index (χ2n) is 7.14. The Morgan fingerprint density at radius 3 is 2.90 bits per heavy atom. The Morgan fingerprint density at radius 2 is 2.17 bits per heavy atom. The van der Waals surface area contributed by atoms with Gasteiger partial charge in [-0.3, -0.25) is 14.3 Å². The van der Waals surface area contributed by atoms with E-state index in [0.29, 0.717) is 30.8 Å². The van der Waals surface area contributed by atoms with Crippen LogP contribution in [0.2, 0.25) is 0 Å². The number of halogens is 2. The molecule has 0 saturated carbocycles. The number of fused-ring (bicyclic) bond motifs is 3. The van der Waals surface area contributed by atoms with Gasteiger partial charge < -0.3 is 10.2 Å². The van der Waals surface area contributed by atoms with E-state index >= 15 is 0 Å². The highest BCUT2D eigenvalue weighted by Gasteiger charge is 2.36. The number of aromatic nitrogens is 2.